The van der Waals surface area contributed by atoms with E-state index in [0.717, 1.165) is 6.07 Å². The minimum absolute atomic E-state index is 0.0669. The molecule has 0 aliphatic heterocycles. The van der Waals surface area contributed by atoms with Crippen LogP contribution in [0.4, 0.5) is 22.0 Å². The molecular formula is C12H14F5NO. The highest BCUT2D eigenvalue weighted by Crippen LogP contribution is 2.21. The van der Waals surface area contributed by atoms with Crippen LogP contribution in [0.2, 0.25) is 0 Å². The lowest BCUT2D eigenvalue weighted by Gasteiger charge is -2.13. The molecule has 0 heterocycles. The van der Waals surface area contributed by atoms with Crippen LogP contribution in [0.3, 0.4) is 0 Å². The Kier molecular flexibility index (Phi) is 5.68. The van der Waals surface area contributed by atoms with E-state index in [-0.39, 0.29) is 25.2 Å². The fraction of sp³-hybridized carbons (Fsp3) is 0.500. The Morgan fingerprint density at radius 3 is 2.47 bits per heavy atom. The molecule has 2 N–H and O–H groups in total. The van der Waals surface area contributed by atoms with Crippen molar-refractivity contribution in [3.05, 3.63) is 35.4 Å². The first-order valence-corrected chi connectivity index (χ1v) is 5.64. The van der Waals surface area contributed by atoms with E-state index in [4.69, 9.17) is 10.5 Å². The summed E-state index contributed by atoms with van der Waals surface area (Å²) in [7, 11) is 0. The maximum atomic E-state index is 13.3. The number of hydrogen-bond acceptors (Lipinski definition) is 2. The molecule has 108 valence electrons. The molecule has 1 aromatic carbocycles. The third-order valence-electron chi connectivity index (χ3n) is 2.41. The normalized spacial score (nSPS) is 13.6. The van der Waals surface area contributed by atoms with Crippen molar-refractivity contribution in [2.45, 2.75) is 25.1 Å². The first kappa shape index (κ1) is 15.8. The van der Waals surface area contributed by atoms with Crippen LogP contribution < -0.4 is 5.73 Å². The third-order valence-corrected chi connectivity index (χ3v) is 2.41. The van der Waals surface area contributed by atoms with E-state index in [1.54, 1.807) is 0 Å². The maximum Gasteiger partial charge on any atom is 0.389 e. The molecule has 0 saturated carbocycles. The van der Waals surface area contributed by atoms with Gasteiger partial charge in [0.05, 0.1) is 12.6 Å². The zero-order chi connectivity index (χ0) is 14.5. The van der Waals surface area contributed by atoms with Crippen LogP contribution in [-0.2, 0) is 4.74 Å². The number of rotatable bonds is 6. The molecule has 0 saturated heterocycles. The SMILES string of the molecule is NC(COCCCC(F)(F)F)c1ccc(F)cc1F. The Hall–Kier alpha value is -1.21. The Morgan fingerprint density at radius 1 is 1.21 bits per heavy atom. The first-order valence-electron chi connectivity index (χ1n) is 5.64. The van der Waals surface area contributed by atoms with Crippen LogP contribution in [0.25, 0.3) is 0 Å². The van der Waals surface area contributed by atoms with Gasteiger partial charge in [0, 0.05) is 24.7 Å². The van der Waals surface area contributed by atoms with Gasteiger partial charge in [-0.2, -0.15) is 13.2 Å². The van der Waals surface area contributed by atoms with Crippen molar-refractivity contribution in [3.63, 3.8) is 0 Å². The summed E-state index contributed by atoms with van der Waals surface area (Å²) in [6.07, 6.45) is -5.33. The van der Waals surface area contributed by atoms with Crippen LogP contribution in [0.15, 0.2) is 18.2 Å². The topological polar surface area (TPSA) is 35.2 Å². The highest BCUT2D eigenvalue weighted by Gasteiger charge is 2.26. The van der Waals surface area contributed by atoms with Crippen LogP contribution in [0.1, 0.15) is 24.4 Å². The minimum atomic E-state index is -4.21. The van der Waals surface area contributed by atoms with Gasteiger partial charge in [0.25, 0.3) is 0 Å². The molecule has 2 nitrogen and oxygen atoms in total. The van der Waals surface area contributed by atoms with Gasteiger partial charge in [-0.3, -0.25) is 0 Å². The number of benzene rings is 1. The summed E-state index contributed by atoms with van der Waals surface area (Å²) >= 11 is 0. The minimum Gasteiger partial charge on any atom is -0.379 e. The molecule has 1 atom stereocenters. The quantitative estimate of drug-likeness (QED) is 0.642. The fourth-order valence-electron chi connectivity index (χ4n) is 1.48. The summed E-state index contributed by atoms with van der Waals surface area (Å²) < 4.78 is 66.4. The van der Waals surface area contributed by atoms with Crippen molar-refractivity contribution in [1.82, 2.24) is 0 Å². The van der Waals surface area contributed by atoms with Crippen molar-refractivity contribution in [1.29, 1.82) is 0 Å². The van der Waals surface area contributed by atoms with E-state index in [1.807, 2.05) is 0 Å². The van der Waals surface area contributed by atoms with Gasteiger partial charge in [-0.25, -0.2) is 8.78 Å². The van der Waals surface area contributed by atoms with Crippen molar-refractivity contribution >= 4 is 0 Å². The lowest BCUT2D eigenvalue weighted by atomic mass is 10.1. The maximum absolute atomic E-state index is 13.3. The molecule has 19 heavy (non-hydrogen) atoms. The molecule has 0 spiro atoms. The molecule has 0 amide bonds. The number of hydrogen-bond donors (Lipinski definition) is 1. The monoisotopic (exact) mass is 283 g/mol. The lowest BCUT2D eigenvalue weighted by molar-refractivity contribution is -0.137. The standard InChI is InChI=1S/C12H14F5NO/c13-8-2-3-9(10(14)6-8)11(18)7-19-5-1-4-12(15,16)17/h2-3,6,11H,1,4-5,7,18H2. The molecule has 1 aromatic rings. The van der Waals surface area contributed by atoms with E-state index in [9.17, 15) is 22.0 Å². The zero-order valence-electron chi connectivity index (χ0n) is 10.0. The summed E-state index contributed by atoms with van der Waals surface area (Å²) in [5, 5.41) is 0. The Balaban J connectivity index is 2.33. The van der Waals surface area contributed by atoms with E-state index in [1.165, 1.54) is 6.07 Å². The summed E-state index contributed by atoms with van der Waals surface area (Å²) in [5.41, 5.74) is 5.67. The Morgan fingerprint density at radius 2 is 1.89 bits per heavy atom. The third kappa shape index (κ3) is 5.98. The molecule has 0 radical (unpaired) electrons. The van der Waals surface area contributed by atoms with Crippen molar-refractivity contribution in [2.75, 3.05) is 13.2 Å². The van der Waals surface area contributed by atoms with Gasteiger partial charge < -0.3 is 10.5 Å². The summed E-state index contributed by atoms with van der Waals surface area (Å²) in [6, 6.07) is 2.10. The van der Waals surface area contributed by atoms with Crippen molar-refractivity contribution in [2.24, 2.45) is 5.73 Å². The van der Waals surface area contributed by atoms with Gasteiger partial charge in [-0.05, 0) is 12.5 Å². The molecule has 0 aromatic heterocycles. The molecule has 0 fully saturated rings. The second kappa shape index (κ2) is 6.81. The number of alkyl halides is 3. The van der Waals surface area contributed by atoms with E-state index >= 15 is 0 Å². The lowest BCUT2D eigenvalue weighted by Crippen LogP contribution is -2.19. The highest BCUT2D eigenvalue weighted by atomic mass is 19.4. The van der Waals surface area contributed by atoms with E-state index in [0.29, 0.717) is 6.07 Å². The first-order chi connectivity index (χ1) is 8.79. The van der Waals surface area contributed by atoms with Crippen LogP contribution in [-0.4, -0.2) is 19.4 Å². The number of halogens is 5. The second-order valence-corrected chi connectivity index (χ2v) is 4.07. The second-order valence-electron chi connectivity index (χ2n) is 4.07. The molecule has 0 aliphatic rings. The largest absolute Gasteiger partial charge is 0.389 e. The number of ether oxygens (including phenoxy) is 1. The zero-order valence-corrected chi connectivity index (χ0v) is 10.0. The average molecular weight is 283 g/mol. The number of nitrogens with two attached hydrogens (primary N) is 1. The van der Waals surface area contributed by atoms with Crippen molar-refractivity contribution in [3.8, 4) is 0 Å². The van der Waals surface area contributed by atoms with Crippen LogP contribution in [0, 0.1) is 11.6 Å². The average Bonchev–Trinajstić information content (AvgIpc) is 2.26. The van der Waals surface area contributed by atoms with Crippen LogP contribution in [0.5, 0.6) is 0 Å². The summed E-state index contributed by atoms with van der Waals surface area (Å²) in [5.74, 6) is -1.52. The van der Waals surface area contributed by atoms with Crippen LogP contribution >= 0.6 is 0 Å². The van der Waals surface area contributed by atoms with Gasteiger partial charge in [0.15, 0.2) is 0 Å². The summed E-state index contributed by atoms with van der Waals surface area (Å²) in [6.45, 7) is -0.240. The van der Waals surface area contributed by atoms with E-state index in [2.05, 4.69) is 0 Å². The van der Waals surface area contributed by atoms with Gasteiger partial charge in [-0.1, -0.05) is 6.07 Å². The van der Waals surface area contributed by atoms with Crippen molar-refractivity contribution < 1.29 is 26.7 Å². The van der Waals surface area contributed by atoms with Gasteiger partial charge in [-0.15, -0.1) is 0 Å². The fourth-order valence-corrected chi connectivity index (χ4v) is 1.48. The molecule has 1 rings (SSSR count). The molecule has 7 heteroatoms. The van der Waals surface area contributed by atoms with E-state index < -0.39 is 30.3 Å². The molecule has 0 aliphatic carbocycles. The predicted octanol–water partition coefficient (Wildman–Crippen LogP) is 3.32. The Bertz CT molecular complexity index is 408. The summed E-state index contributed by atoms with van der Waals surface area (Å²) in [4.78, 5) is 0. The van der Waals surface area contributed by atoms with Gasteiger partial charge in [0.1, 0.15) is 11.6 Å². The highest BCUT2D eigenvalue weighted by molar-refractivity contribution is 5.21. The Labute approximate surface area is 107 Å². The van der Waals surface area contributed by atoms with Gasteiger partial charge in [0.2, 0.25) is 0 Å². The predicted molar refractivity (Wildman–Crippen MR) is 59.4 cm³/mol. The molecular weight excluding hydrogens is 269 g/mol. The van der Waals surface area contributed by atoms with Gasteiger partial charge >= 0.3 is 6.18 Å². The smallest absolute Gasteiger partial charge is 0.379 e. The molecule has 1 unspecified atom stereocenters. The molecule has 0 bridgehead atoms.